The summed E-state index contributed by atoms with van der Waals surface area (Å²) in [6, 6.07) is 0. The van der Waals surface area contributed by atoms with Gasteiger partial charge in [0, 0.05) is 12.8 Å². The van der Waals surface area contributed by atoms with Crippen molar-refractivity contribution in [2.24, 2.45) is 0 Å². The molecular weight excluding hydrogens is 152 g/mol. The van der Waals surface area contributed by atoms with Gasteiger partial charge in [0.1, 0.15) is 6.29 Å². The van der Waals surface area contributed by atoms with Crippen LogP contribution in [-0.2, 0) is 9.59 Å². The van der Waals surface area contributed by atoms with E-state index in [9.17, 15) is 9.59 Å². The predicted octanol–water partition coefficient (Wildman–Crippen LogP) is 2.28. The third-order valence-corrected chi connectivity index (χ3v) is 1.60. The van der Waals surface area contributed by atoms with E-state index < -0.39 is 0 Å². The lowest BCUT2D eigenvalue weighted by Crippen LogP contribution is -1.91. The Morgan fingerprint density at radius 2 is 2.00 bits per heavy atom. The second-order valence-electron chi connectivity index (χ2n) is 2.73. The van der Waals surface area contributed by atoms with Crippen molar-refractivity contribution in [3.63, 3.8) is 0 Å². The Labute approximate surface area is 73.7 Å². The first-order chi connectivity index (χ1) is 5.81. The zero-order valence-electron chi connectivity index (χ0n) is 7.58. The third kappa shape index (κ3) is 7.19. The lowest BCUT2D eigenvalue weighted by atomic mass is 10.1. The number of allylic oxidation sites excluding steroid dienone is 2. The first kappa shape index (κ1) is 11.1. The third-order valence-electron chi connectivity index (χ3n) is 1.60. The standard InChI is InChI=1S/C10H16O2/c1-2-7-10(12)8-5-3-4-6-9-11/h2,7,9H,3-6,8H2,1H3. The molecule has 0 aliphatic carbocycles. The topological polar surface area (TPSA) is 34.1 Å². The van der Waals surface area contributed by atoms with E-state index in [0.717, 1.165) is 25.5 Å². The molecule has 0 radical (unpaired) electrons. The van der Waals surface area contributed by atoms with Gasteiger partial charge in [0.15, 0.2) is 5.78 Å². The van der Waals surface area contributed by atoms with Crippen molar-refractivity contribution in [3.05, 3.63) is 12.2 Å². The molecule has 0 unspecified atom stereocenters. The minimum Gasteiger partial charge on any atom is -0.303 e. The van der Waals surface area contributed by atoms with E-state index in [-0.39, 0.29) is 5.78 Å². The van der Waals surface area contributed by atoms with Gasteiger partial charge in [-0.3, -0.25) is 4.79 Å². The molecule has 0 atom stereocenters. The van der Waals surface area contributed by atoms with E-state index in [1.54, 1.807) is 12.2 Å². The van der Waals surface area contributed by atoms with E-state index in [4.69, 9.17) is 0 Å². The zero-order valence-corrected chi connectivity index (χ0v) is 7.58. The summed E-state index contributed by atoms with van der Waals surface area (Å²) in [5.41, 5.74) is 0. The fourth-order valence-electron chi connectivity index (χ4n) is 0.973. The number of rotatable bonds is 7. The summed E-state index contributed by atoms with van der Waals surface area (Å²) < 4.78 is 0. The van der Waals surface area contributed by atoms with Gasteiger partial charge in [-0.1, -0.05) is 12.5 Å². The quantitative estimate of drug-likeness (QED) is 0.332. The van der Waals surface area contributed by atoms with Crippen LogP contribution < -0.4 is 0 Å². The molecular formula is C10H16O2. The van der Waals surface area contributed by atoms with Crippen LogP contribution in [0.15, 0.2) is 12.2 Å². The van der Waals surface area contributed by atoms with Crippen molar-refractivity contribution in [2.45, 2.75) is 39.0 Å². The van der Waals surface area contributed by atoms with Crippen molar-refractivity contribution < 1.29 is 9.59 Å². The molecule has 0 saturated carbocycles. The van der Waals surface area contributed by atoms with Crippen LogP contribution in [0.2, 0.25) is 0 Å². The summed E-state index contributed by atoms with van der Waals surface area (Å²) in [5.74, 6) is 0.184. The Bertz CT molecular complexity index is 159. The molecule has 0 heterocycles. The van der Waals surface area contributed by atoms with E-state index in [2.05, 4.69) is 0 Å². The second kappa shape index (κ2) is 8.18. The van der Waals surface area contributed by atoms with E-state index in [1.807, 2.05) is 6.92 Å². The molecule has 0 bridgehead atoms. The Balaban J connectivity index is 3.19. The van der Waals surface area contributed by atoms with Crippen molar-refractivity contribution in [1.82, 2.24) is 0 Å². The molecule has 0 saturated heterocycles. The molecule has 0 spiro atoms. The van der Waals surface area contributed by atoms with Gasteiger partial charge in [0.05, 0.1) is 0 Å². The Morgan fingerprint density at radius 1 is 1.25 bits per heavy atom. The van der Waals surface area contributed by atoms with Crippen LogP contribution in [0.3, 0.4) is 0 Å². The molecule has 0 aliphatic heterocycles. The van der Waals surface area contributed by atoms with Crippen molar-refractivity contribution >= 4 is 12.1 Å². The van der Waals surface area contributed by atoms with Gasteiger partial charge in [-0.2, -0.15) is 0 Å². The predicted molar refractivity (Wildman–Crippen MR) is 49.0 cm³/mol. The number of carbonyl (C=O) groups is 2. The number of hydrogen-bond acceptors (Lipinski definition) is 2. The Kier molecular flexibility index (Phi) is 7.55. The summed E-state index contributed by atoms with van der Waals surface area (Å²) in [7, 11) is 0. The van der Waals surface area contributed by atoms with Crippen LogP contribution in [0.1, 0.15) is 39.0 Å². The minimum atomic E-state index is 0.184. The molecule has 0 fully saturated rings. The summed E-state index contributed by atoms with van der Waals surface area (Å²) >= 11 is 0. The molecule has 0 N–H and O–H groups in total. The van der Waals surface area contributed by atoms with Gasteiger partial charge in [-0.25, -0.2) is 0 Å². The SMILES string of the molecule is CC=CC(=O)CCCCCC=O. The van der Waals surface area contributed by atoms with E-state index in [1.165, 1.54) is 0 Å². The normalized spacial score (nSPS) is 10.4. The van der Waals surface area contributed by atoms with Crippen LogP contribution >= 0.6 is 0 Å². The summed E-state index contributed by atoms with van der Waals surface area (Å²) in [5, 5.41) is 0. The molecule has 2 heteroatoms. The molecule has 0 rings (SSSR count). The number of ketones is 1. The fourth-order valence-corrected chi connectivity index (χ4v) is 0.973. The summed E-state index contributed by atoms with van der Waals surface area (Å²) in [6.07, 6.45) is 8.30. The fraction of sp³-hybridized carbons (Fsp3) is 0.600. The first-order valence-electron chi connectivity index (χ1n) is 4.40. The molecule has 0 aromatic rings. The zero-order chi connectivity index (χ0) is 9.23. The highest BCUT2D eigenvalue weighted by Gasteiger charge is 1.95. The molecule has 0 aromatic heterocycles. The number of hydrogen-bond donors (Lipinski definition) is 0. The average Bonchev–Trinajstić information content (AvgIpc) is 2.05. The van der Waals surface area contributed by atoms with Gasteiger partial charge in [-0.15, -0.1) is 0 Å². The van der Waals surface area contributed by atoms with Gasteiger partial charge < -0.3 is 4.79 Å². The van der Waals surface area contributed by atoms with E-state index in [0.29, 0.717) is 12.8 Å². The monoisotopic (exact) mass is 168 g/mol. The lowest BCUT2D eigenvalue weighted by molar-refractivity contribution is -0.114. The van der Waals surface area contributed by atoms with Crippen LogP contribution in [0.5, 0.6) is 0 Å². The average molecular weight is 168 g/mol. The summed E-state index contributed by atoms with van der Waals surface area (Å²) in [4.78, 5) is 20.8. The molecule has 2 nitrogen and oxygen atoms in total. The number of carbonyl (C=O) groups excluding carboxylic acids is 2. The van der Waals surface area contributed by atoms with Crippen molar-refractivity contribution in [3.8, 4) is 0 Å². The first-order valence-corrected chi connectivity index (χ1v) is 4.40. The van der Waals surface area contributed by atoms with Gasteiger partial charge in [0.2, 0.25) is 0 Å². The van der Waals surface area contributed by atoms with Crippen molar-refractivity contribution in [1.29, 1.82) is 0 Å². The van der Waals surface area contributed by atoms with Crippen LogP contribution in [0.25, 0.3) is 0 Å². The second-order valence-corrected chi connectivity index (χ2v) is 2.73. The van der Waals surface area contributed by atoms with Gasteiger partial charge >= 0.3 is 0 Å². The molecule has 0 aliphatic rings. The summed E-state index contributed by atoms with van der Waals surface area (Å²) in [6.45, 7) is 1.84. The maximum absolute atomic E-state index is 10.9. The maximum atomic E-state index is 10.9. The minimum absolute atomic E-state index is 0.184. The molecule has 0 amide bonds. The highest BCUT2D eigenvalue weighted by Crippen LogP contribution is 2.02. The smallest absolute Gasteiger partial charge is 0.155 e. The Hall–Kier alpha value is -0.920. The number of unbranched alkanes of at least 4 members (excludes halogenated alkanes) is 3. The maximum Gasteiger partial charge on any atom is 0.155 e. The highest BCUT2D eigenvalue weighted by atomic mass is 16.1. The number of aldehydes is 1. The van der Waals surface area contributed by atoms with E-state index >= 15 is 0 Å². The van der Waals surface area contributed by atoms with Crippen LogP contribution in [0, 0.1) is 0 Å². The van der Waals surface area contributed by atoms with Crippen LogP contribution in [-0.4, -0.2) is 12.1 Å². The Morgan fingerprint density at radius 3 is 2.58 bits per heavy atom. The van der Waals surface area contributed by atoms with Crippen molar-refractivity contribution in [2.75, 3.05) is 0 Å². The van der Waals surface area contributed by atoms with Crippen LogP contribution in [0.4, 0.5) is 0 Å². The highest BCUT2D eigenvalue weighted by molar-refractivity contribution is 5.89. The van der Waals surface area contributed by atoms with Gasteiger partial charge in [-0.05, 0) is 25.8 Å². The molecule has 68 valence electrons. The molecule has 12 heavy (non-hydrogen) atoms. The largest absolute Gasteiger partial charge is 0.303 e. The molecule has 0 aromatic carbocycles. The van der Waals surface area contributed by atoms with Gasteiger partial charge in [0.25, 0.3) is 0 Å². The lowest BCUT2D eigenvalue weighted by Gasteiger charge is -1.94.